The molecule has 3 fully saturated rings. The third-order valence-corrected chi connectivity index (χ3v) is 4.24. The van der Waals surface area contributed by atoms with Gasteiger partial charge >= 0.3 is 0 Å². The first kappa shape index (κ1) is 8.55. The topological polar surface area (TPSA) is 26.0 Å². The van der Waals surface area contributed by atoms with Gasteiger partial charge in [-0.1, -0.05) is 6.92 Å². The van der Waals surface area contributed by atoms with Gasteiger partial charge in [0.05, 0.1) is 0 Å². The van der Waals surface area contributed by atoms with Crippen molar-refractivity contribution in [1.82, 2.24) is 0 Å². The minimum absolute atomic E-state index is 0.435. The lowest BCUT2D eigenvalue weighted by Crippen LogP contribution is -2.43. The summed E-state index contributed by atoms with van der Waals surface area (Å²) in [5.74, 6) is 3.80. The van der Waals surface area contributed by atoms with Crippen molar-refractivity contribution >= 4 is 0 Å². The van der Waals surface area contributed by atoms with Gasteiger partial charge in [0.1, 0.15) is 0 Å². The highest BCUT2D eigenvalue weighted by atomic mass is 14.7. The molecule has 3 saturated carbocycles. The van der Waals surface area contributed by atoms with Crippen LogP contribution in [-0.4, -0.2) is 6.04 Å². The molecule has 1 nitrogen and oxygen atoms in total. The fraction of sp³-hybridized carbons (Fsp3) is 1.00. The maximum atomic E-state index is 6.00. The van der Waals surface area contributed by atoms with Gasteiger partial charge in [0.15, 0.2) is 0 Å². The Bertz CT molecular complexity index is 164. The Labute approximate surface area is 75.7 Å². The molecule has 5 atom stereocenters. The second-order valence-electron chi connectivity index (χ2n) is 5.07. The fourth-order valence-corrected chi connectivity index (χ4v) is 3.43. The summed E-state index contributed by atoms with van der Waals surface area (Å²) < 4.78 is 0. The maximum absolute atomic E-state index is 6.00. The Morgan fingerprint density at radius 2 is 1.83 bits per heavy atom. The van der Waals surface area contributed by atoms with Gasteiger partial charge in [0.2, 0.25) is 0 Å². The average Bonchev–Trinajstić information content (AvgIpc) is 2.04. The highest BCUT2D eigenvalue weighted by Crippen LogP contribution is 2.48. The van der Waals surface area contributed by atoms with E-state index in [1.165, 1.54) is 25.7 Å². The van der Waals surface area contributed by atoms with Crippen molar-refractivity contribution in [1.29, 1.82) is 0 Å². The molecule has 3 unspecified atom stereocenters. The molecule has 0 aromatic heterocycles. The summed E-state index contributed by atoms with van der Waals surface area (Å²) in [5.41, 5.74) is 6.00. The van der Waals surface area contributed by atoms with Crippen LogP contribution in [0.1, 0.15) is 39.5 Å². The summed E-state index contributed by atoms with van der Waals surface area (Å²) in [7, 11) is 0. The standard InChI is InChI=1S/C11H21N/c1-7-5-10-4-3-9(7)6-11(10)8(2)12/h7-11H,3-6,12H2,1-2H3/t7-,8?,9+,10?,11?/m1/s1. The van der Waals surface area contributed by atoms with E-state index in [4.69, 9.17) is 5.73 Å². The van der Waals surface area contributed by atoms with E-state index in [0.717, 1.165) is 23.7 Å². The van der Waals surface area contributed by atoms with Crippen LogP contribution in [0.15, 0.2) is 0 Å². The lowest BCUT2D eigenvalue weighted by molar-refractivity contribution is 0.0391. The van der Waals surface area contributed by atoms with Gasteiger partial charge in [0, 0.05) is 6.04 Å². The van der Waals surface area contributed by atoms with E-state index < -0.39 is 0 Å². The molecule has 0 aliphatic heterocycles. The first-order valence-corrected chi connectivity index (χ1v) is 5.44. The smallest absolute Gasteiger partial charge is 0.00415 e. The minimum atomic E-state index is 0.435. The molecule has 0 aromatic rings. The van der Waals surface area contributed by atoms with Gasteiger partial charge in [-0.3, -0.25) is 0 Å². The van der Waals surface area contributed by atoms with E-state index in [2.05, 4.69) is 13.8 Å². The molecule has 70 valence electrons. The van der Waals surface area contributed by atoms with Crippen molar-refractivity contribution in [2.75, 3.05) is 0 Å². The zero-order valence-electron chi connectivity index (χ0n) is 8.29. The van der Waals surface area contributed by atoms with Crippen LogP contribution in [0.3, 0.4) is 0 Å². The fourth-order valence-electron chi connectivity index (χ4n) is 3.43. The van der Waals surface area contributed by atoms with Crippen molar-refractivity contribution < 1.29 is 0 Å². The Balaban J connectivity index is 2.05. The highest BCUT2D eigenvalue weighted by molar-refractivity contribution is 4.92. The summed E-state index contributed by atoms with van der Waals surface area (Å²) in [5, 5.41) is 0. The monoisotopic (exact) mass is 167 g/mol. The van der Waals surface area contributed by atoms with Crippen molar-refractivity contribution in [2.45, 2.75) is 45.6 Å². The van der Waals surface area contributed by atoms with Gasteiger partial charge in [0.25, 0.3) is 0 Å². The normalized spacial score (nSPS) is 49.2. The SMILES string of the molecule is CC(N)C1C[C@@H]2CCC1C[C@H]2C. The molecule has 3 rings (SSSR count). The first-order chi connectivity index (χ1) is 5.68. The Kier molecular flexibility index (Phi) is 2.16. The Hall–Kier alpha value is -0.0400. The van der Waals surface area contributed by atoms with Crippen LogP contribution in [0.4, 0.5) is 0 Å². The largest absolute Gasteiger partial charge is 0.328 e. The van der Waals surface area contributed by atoms with E-state index >= 15 is 0 Å². The molecule has 0 saturated heterocycles. The van der Waals surface area contributed by atoms with Gasteiger partial charge < -0.3 is 5.73 Å². The first-order valence-electron chi connectivity index (χ1n) is 5.44. The van der Waals surface area contributed by atoms with Crippen LogP contribution in [0, 0.1) is 23.7 Å². The molecule has 2 N–H and O–H groups in total. The predicted molar refractivity (Wildman–Crippen MR) is 51.8 cm³/mol. The molecule has 0 aromatic carbocycles. The minimum Gasteiger partial charge on any atom is -0.328 e. The number of hydrogen-bond donors (Lipinski definition) is 1. The molecule has 3 aliphatic carbocycles. The van der Waals surface area contributed by atoms with Crippen LogP contribution in [-0.2, 0) is 0 Å². The molecular formula is C11H21N. The van der Waals surface area contributed by atoms with Crippen molar-refractivity contribution in [2.24, 2.45) is 29.4 Å². The van der Waals surface area contributed by atoms with Crippen LogP contribution in [0.5, 0.6) is 0 Å². The number of nitrogens with two attached hydrogens (primary N) is 1. The molecule has 3 aliphatic rings. The summed E-state index contributed by atoms with van der Waals surface area (Å²) >= 11 is 0. The summed E-state index contributed by atoms with van der Waals surface area (Å²) in [6.45, 7) is 4.62. The van der Waals surface area contributed by atoms with Crippen LogP contribution >= 0.6 is 0 Å². The predicted octanol–water partition coefficient (Wildman–Crippen LogP) is 2.41. The zero-order chi connectivity index (χ0) is 8.72. The zero-order valence-corrected chi connectivity index (χ0v) is 8.29. The van der Waals surface area contributed by atoms with E-state index in [9.17, 15) is 0 Å². The molecule has 12 heavy (non-hydrogen) atoms. The van der Waals surface area contributed by atoms with E-state index in [0.29, 0.717) is 6.04 Å². The third kappa shape index (κ3) is 1.28. The number of rotatable bonds is 1. The quantitative estimate of drug-likeness (QED) is 0.637. The second-order valence-corrected chi connectivity index (χ2v) is 5.07. The lowest BCUT2D eigenvalue weighted by Gasteiger charge is -2.47. The molecule has 0 amide bonds. The molecule has 0 radical (unpaired) electrons. The van der Waals surface area contributed by atoms with Crippen molar-refractivity contribution in [3.05, 3.63) is 0 Å². The molecule has 0 spiro atoms. The molecule has 1 heteroatoms. The van der Waals surface area contributed by atoms with Gasteiger partial charge in [-0.2, -0.15) is 0 Å². The van der Waals surface area contributed by atoms with E-state index in [1.807, 2.05) is 0 Å². The molecule has 2 bridgehead atoms. The van der Waals surface area contributed by atoms with E-state index in [1.54, 1.807) is 0 Å². The van der Waals surface area contributed by atoms with Gasteiger partial charge in [-0.15, -0.1) is 0 Å². The maximum Gasteiger partial charge on any atom is 0.00415 e. The van der Waals surface area contributed by atoms with E-state index in [-0.39, 0.29) is 0 Å². The van der Waals surface area contributed by atoms with Crippen molar-refractivity contribution in [3.8, 4) is 0 Å². The summed E-state index contributed by atoms with van der Waals surface area (Å²) in [6.07, 6.45) is 5.82. The average molecular weight is 167 g/mol. The number of fused-ring (bicyclic) bond motifs is 3. The lowest BCUT2D eigenvalue weighted by atomic mass is 9.59. The van der Waals surface area contributed by atoms with Crippen molar-refractivity contribution in [3.63, 3.8) is 0 Å². The van der Waals surface area contributed by atoms with Crippen LogP contribution in [0.25, 0.3) is 0 Å². The number of hydrogen-bond acceptors (Lipinski definition) is 1. The third-order valence-electron chi connectivity index (χ3n) is 4.24. The molecular weight excluding hydrogens is 146 g/mol. The summed E-state index contributed by atoms with van der Waals surface area (Å²) in [6, 6.07) is 0.435. The summed E-state index contributed by atoms with van der Waals surface area (Å²) in [4.78, 5) is 0. The Morgan fingerprint density at radius 1 is 1.17 bits per heavy atom. The van der Waals surface area contributed by atoms with Crippen LogP contribution in [0.2, 0.25) is 0 Å². The Morgan fingerprint density at radius 3 is 2.25 bits per heavy atom. The van der Waals surface area contributed by atoms with Gasteiger partial charge in [-0.25, -0.2) is 0 Å². The molecule has 0 heterocycles. The van der Waals surface area contributed by atoms with Crippen LogP contribution < -0.4 is 5.73 Å². The van der Waals surface area contributed by atoms with Gasteiger partial charge in [-0.05, 0) is 56.3 Å². The highest BCUT2D eigenvalue weighted by Gasteiger charge is 2.40. The second kappa shape index (κ2) is 3.02.